The Kier molecular flexibility index (Phi) is 3.20. The largest absolute Gasteiger partial charge is 0.345 e. The summed E-state index contributed by atoms with van der Waals surface area (Å²) >= 11 is 0. The molecule has 0 radical (unpaired) electrons. The van der Waals surface area contributed by atoms with Gasteiger partial charge in [-0.15, -0.1) is 0 Å². The normalized spacial score (nSPS) is 10.3. The van der Waals surface area contributed by atoms with E-state index in [9.17, 15) is 4.79 Å². The fraction of sp³-hybridized carbons (Fsp3) is 0.200. The van der Waals surface area contributed by atoms with Crippen molar-refractivity contribution in [3.8, 4) is 0 Å². The van der Waals surface area contributed by atoms with Crippen molar-refractivity contribution in [2.75, 3.05) is 14.1 Å². The molecule has 0 aliphatic heterocycles. The molecule has 0 bridgehead atoms. The van der Waals surface area contributed by atoms with Crippen LogP contribution in [0.25, 0.3) is 6.08 Å². The topological polar surface area (TPSA) is 33.2 Å². The number of pyridine rings is 1. The predicted molar refractivity (Wildman–Crippen MR) is 52.0 cm³/mol. The number of hydrogen-bond acceptors (Lipinski definition) is 2. The van der Waals surface area contributed by atoms with E-state index in [1.54, 1.807) is 32.6 Å². The van der Waals surface area contributed by atoms with Crippen molar-refractivity contribution in [1.29, 1.82) is 0 Å². The average Bonchev–Trinajstić information content (AvgIpc) is 2.15. The number of carbonyl (C=O) groups excluding carboxylic acids is 1. The van der Waals surface area contributed by atoms with Crippen LogP contribution in [0.5, 0.6) is 0 Å². The van der Waals surface area contributed by atoms with Crippen LogP contribution in [-0.4, -0.2) is 29.9 Å². The van der Waals surface area contributed by atoms with Gasteiger partial charge in [0.05, 0.1) is 0 Å². The number of amides is 1. The Morgan fingerprint density at radius 1 is 1.54 bits per heavy atom. The van der Waals surface area contributed by atoms with Crippen molar-refractivity contribution in [2.45, 2.75) is 0 Å². The Morgan fingerprint density at radius 2 is 2.31 bits per heavy atom. The van der Waals surface area contributed by atoms with E-state index in [2.05, 4.69) is 4.98 Å². The molecule has 0 N–H and O–H groups in total. The molecule has 1 rings (SSSR count). The summed E-state index contributed by atoms with van der Waals surface area (Å²) in [6, 6.07) is 3.73. The third-order valence-corrected chi connectivity index (χ3v) is 1.54. The number of carbonyl (C=O) groups is 1. The Bertz CT molecular complexity index is 304. The van der Waals surface area contributed by atoms with E-state index in [-0.39, 0.29) is 5.91 Å². The number of nitrogens with zero attached hydrogens (tertiary/aromatic N) is 2. The summed E-state index contributed by atoms with van der Waals surface area (Å²) in [7, 11) is 3.44. The summed E-state index contributed by atoms with van der Waals surface area (Å²) < 4.78 is 0. The van der Waals surface area contributed by atoms with E-state index in [0.29, 0.717) is 0 Å². The third-order valence-electron chi connectivity index (χ3n) is 1.54. The average molecular weight is 176 g/mol. The molecule has 0 aromatic carbocycles. The van der Waals surface area contributed by atoms with Crippen LogP contribution < -0.4 is 0 Å². The first-order chi connectivity index (χ1) is 6.20. The minimum absolute atomic E-state index is 0.0242. The van der Waals surface area contributed by atoms with Gasteiger partial charge in [-0.1, -0.05) is 6.07 Å². The van der Waals surface area contributed by atoms with E-state index < -0.39 is 0 Å². The molecule has 1 heterocycles. The lowest BCUT2D eigenvalue weighted by Crippen LogP contribution is -2.18. The molecule has 0 aliphatic rings. The molecule has 0 atom stereocenters. The maximum Gasteiger partial charge on any atom is 0.246 e. The van der Waals surface area contributed by atoms with Gasteiger partial charge in [-0.05, 0) is 17.7 Å². The lowest BCUT2D eigenvalue weighted by Gasteiger charge is -2.04. The SMILES string of the molecule is CN(C)C(=O)/C=C/c1cccnc1. The minimum atomic E-state index is -0.0242. The lowest BCUT2D eigenvalue weighted by atomic mass is 10.2. The van der Waals surface area contributed by atoms with E-state index >= 15 is 0 Å². The Labute approximate surface area is 77.7 Å². The fourth-order valence-electron chi connectivity index (χ4n) is 0.791. The number of rotatable bonds is 2. The van der Waals surface area contributed by atoms with Gasteiger partial charge in [0.25, 0.3) is 0 Å². The smallest absolute Gasteiger partial charge is 0.246 e. The van der Waals surface area contributed by atoms with Crippen LogP contribution in [0, 0.1) is 0 Å². The van der Waals surface area contributed by atoms with Crippen molar-refractivity contribution in [2.24, 2.45) is 0 Å². The lowest BCUT2D eigenvalue weighted by molar-refractivity contribution is -0.123. The van der Waals surface area contributed by atoms with E-state index in [1.807, 2.05) is 12.1 Å². The second-order valence-corrected chi connectivity index (χ2v) is 2.85. The van der Waals surface area contributed by atoms with Gasteiger partial charge in [-0.3, -0.25) is 9.78 Å². The molecule has 13 heavy (non-hydrogen) atoms. The zero-order valence-electron chi connectivity index (χ0n) is 7.77. The van der Waals surface area contributed by atoms with Gasteiger partial charge in [-0.25, -0.2) is 0 Å². The van der Waals surface area contributed by atoms with Crippen molar-refractivity contribution in [1.82, 2.24) is 9.88 Å². The second kappa shape index (κ2) is 4.40. The summed E-state index contributed by atoms with van der Waals surface area (Å²) in [6.45, 7) is 0. The molecule has 0 aliphatic carbocycles. The van der Waals surface area contributed by atoms with Crippen LogP contribution in [-0.2, 0) is 4.79 Å². The highest BCUT2D eigenvalue weighted by Gasteiger charge is 1.95. The van der Waals surface area contributed by atoms with Gasteiger partial charge in [0.15, 0.2) is 0 Å². The van der Waals surface area contributed by atoms with Gasteiger partial charge in [-0.2, -0.15) is 0 Å². The zero-order chi connectivity index (χ0) is 9.68. The predicted octanol–water partition coefficient (Wildman–Crippen LogP) is 1.18. The standard InChI is InChI=1S/C10H12N2O/c1-12(2)10(13)6-5-9-4-3-7-11-8-9/h3-8H,1-2H3/b6-5+. The second-order valence-electron chi connectivity index (χ2n) is 2.85. The van der Waals surface area contributed by atoms with E-state index in [1.165, 1.54) is 11.0 Å². The number of aromatic nitrogens is 1. The molecular formula is C10H12N2O. The Morgan fingerprint density at radius 3 is 2.85 bits per heavy atom. The number of hydrogen-bond donors (Lipinski definition) is 0. The monoisotopic (exact) mass is 176 g/mol. The highest BCUT2D eigenvalue weighted by Crippen LogP contribution is 1.98. The zero-order valence-corrected chi connectivity index (χ0v) is 7.77. The Balaban J connectivity index is 2.64. The van der Waals surface area contributed by atoms with Gasteiger partial charge < -0.3 is 4.90 Å². The van der Waals surface area contributed by atoms with Crippen molar-refractivity contribution < 1.29 is 4.79 Å². The Hall–Kier alpha value is -1.64. The molecule has 1 aromatic heterocycles. The molecule has 0 spiro atoms. The molecule has 0 saturated carbocycles. The first kappa shape index (κ1) is 9.45. The maximum atomic E-state index is 11.1. The molecule has 0 fully saturated rings. The minimum Gasteiger partial charge on any atom is -0.345 e. The molecule has 0 unspecified atom stereocenters. The summed E-state index contributed by atoms with van der Waals surface area (Å²) in [5.74, 6) is -0.0242. The highest BCUT2D eigenvalue weighted by atomic mass is 16.2. The molecule has 3 heteroatoms. The number of likely N-dealkylation sites (N-methyl/N-ethyl adjacent to an activating group) is 1. The van der Waals surface area contributed by atoms with Crippen molar-refractivity contribution in [3.63, 3.8) is 0 Å². The van der Waals surface area contributed by atoms with Crippen LogP contribution in [0.2, 0.25) is 0 Å². The van der Waals surface area contributed by atoms with E-state index in [4.69, 9.17) is 0 Å². The summed E-state index contributed by atoms with van der Waals surface area (Å²) in [4.78, 5) is 16.6. The summed E-state index contributed by atoms with van der Waals surface area (Å²) in [6.07, 6.45) is 6.68. The first-order valence-electron chi connectivity index (χ1n) is 3.99. The van der Waals surface area contributed by atoms with Gasteiger partial charge in [0.1, 0.15) is 0 Å². The van der Waals surface area contributed by atoms with Crippen LogP contribution in [0.3, 0.4) is 0 Å². The van der Waals surface area contributed by atoms with Gasteiger partial charge >= 0.3 is 0 Å². The molecule has 1 amide bonds. The summed E-state index contributed by atoms with van der Waals surface area (Å²) in [5.41, 5.74) is 0.928. The van der Waals surface area contributed by atoms with Crippen LogP contribution >= 0.6 is 0 Å². The van der Waals surface area contributed by atoms with Crippen LogP contribution in [0.15, 0.2) is 30.6 Å². The van der Waals surface area contributed by atoms with Gasteiger partial charge in [0.2, 0.25) is 5.91 Å². The maximum absolute atomic E-state index is 11.1. The van der Waals surface area contributed by atoms with Crippen molar-refractivity contribution in [3.05, 3.63) is 36.2 Å². The van der Waals surface area contributed by atoms with Gasteiger partial charge in [0, 0.05) is 32.6 Å². The van der Waals surface area contributed by atoms with Crippen LogP contribution in [0.1, 0.15) is 5.56 Å². The molecule has 68 valence electrons. The van der Waals surface area contributed by atoms with E-state index in [0.717, 1.165) is 5.56 Å². The quantitative estimate of drug-likeness (QED) is 0.634. The molecular weight excluding hydrogens is 164 g/mol. The van der Waals surface area contributed by atoms with Crippen molar-refractivity contribution >= 4 is 12.0 Å². The molecule has 1 aromatic rings. The molecule has 0 saturated heterocycles. The highest BCUT2D eigenvalue weighted by molar-refractivity contribution is 5.91. The first-order valence-corrected chi connectivity index (χ1v) is 3.99. The summed E-state index contributed by atoms with van der Waals surface area (Å²) in [5, 5.41) is 0. The van der Waals surface area contributed by atoms with Crippen LogP contribution in [0.4, 0.5) is 0 Å². The third kappa shape index (κ3) is 3.07. The fourth-order valence-corrected chi connectivity index (χ4v) is 0.791. The molecule has 3 nitrogen and oxygen atoms in total.